The molecule has 0 atom stereocenters. The Morgan fingerprint density at radius 3 is 2.12 bits per heavy atom. The molecular formula is C13H16Cl2N2. The SMILES string of the molecule is Nc1cc(Cl)c(Cl)cc1NC(C1CC1)C1CC1. The van der Waals surface area contributed by atoms with E-state index in [1.807, 2.05) is 6.07 Å². The molecule has 2 nitrogen and oxygen atoms in total. The Morgan fingerprint density at radius 1 is 1.06 bits per heavy atom. The van der Waals surface area contributed by atoms with Gasteiger partial charge >= 0.3 is 0 Å². The lowest BCUT2D eigenvalue weighted by atomic mass is 10.1. The predicted molar refractivity (Wildman–Crippen MR) is 73.7 cm³/mol. The molecule has 1 aromatic carbocycles. The third-order valence-electron chi connectivity index (χ3n) is 3.67. The highest BCUT2D eigenvalue weighted by Gasteiger charge is 2.41. The van der Waals surface area contributed by atoms with E-state index in [2.05, 4.69) is 5.32 Å². The van der Waals surface area contributed by atoms with E-state index in [0.29, 0.717) is 21.8 Å². The highest BCUT2D eigenvalue weighted by molar-refractivity contribution is 6.42. The van der Waals surface area contributed by atoms with Crippen LogP contribution in [0.2, 0.25) is 10.0 Å². The molecular weight excluding hydrogens is 255 g/mol. The molecule has 4 heteroatoms. The lowest BCUT2D eigenvalue weighted by Crippen LogP contribution is -2.24. The molecule has 2 aliphatic rings. The van der Waals surface area contributed by atoms with Crippen LogP contribution in [0.1, 0.15) is 25.7 Å². The molecule has 0 bridgehead atoms. The van der Waals surface area contributed by atoms with Gasteiger partial charge in [0.25, 0.3) is 0 Å². The summed E-state index contributed by atoms with van der Waals surface area (Å²) >= 11 is 12.0. The van der Waals surface area contributed by atoms with E-state index >= 15 is 0 Å². The van der Waals surface area contributed by atoms with Crippen molar-refractivity contribution in [3.63, 3.8) is 0 Å². The van der Waals surface area contributed by atoms with Crippen molar-refractivity contribution >= 4 is 34.6 Å². The van der Waals surface area contributed by atoms with Crippen LogP contribution >= 0.6 is 23.2 Å². The Bertz CT molecular complexity index is 427. The van der Waals surface area contributed by atoms with E-state index in [4.69, 9.17) is 28.9 Å². The zero-order valence-electron chi connectivity index (χ0n) is 9.55. The lowest BCUT2D eigenvalue weighted by Gasteiger charge is -2.20. The van der Waals surface area contributed by atoms with Gasteiger partial charge in [-0.15, -0.1) is 0 Å². The summed E-state index contributed by atoms with van der Waals surface area (Å²) in [7, 11) is 0. The minimum Gasteiger partial charge on any atom is -0.397 e. The van der Waals surface area contributed by atoms with Gasteiger partial charge < -0.3 is 11.1 Å². The van der Waals surface area contributed by atoms with Crippen molar-refractivity contribution < 1.29 is 0 Å². The topological polar surface area (TPSA) is 38.0 Å². The van der Waals surface area contributed by atoms with Crippen LogP contribution < -0.4 is 11.1 Å². The molecule has 0 aromatic heterocycles. The van der Waals surface area contributed by atoms with Crippen molar-refractivity contribution in [2.24, 2.45) is 11.8 Å². The summed E-state index contributed by atoms with van der Waals surface area (Å²) in [6, 6.07) is 4.15. The number of hydrogen-bond acceptors (Lipinski definition) is 2. The van der Waals surface area contributed by atoms with Crippen LogP contribution in [0.25, 0.3) is 0 Å². The van der Waals surface area contributed by atoms with Gasteiger partial charge in [-0.25, -0.2) is 0 Å². The van der Waals surface area contributed by atoms with Crippen LogP contribution in [0.5, 0.6) is 0 Å². The van der Waals surface area contributed by atoms with Crippen LogP contribution in [-0.4, -0.2) is 6.04 Å². The van der Waals surface area contributed by atoms with Gasteiger partial charge in [-0.2, -0.15) is 0 Å². The summed E-state index contributed by atoms with van der Waals surface area (Å²) in [6.45, 7) is 0. The van der Waals surface area contributed by atoms with E-state index in [9.17, 15) is 0 Å². The van der Waals surface area contributed by atoms with Crippen LogP contribution in [0, 0.1) is 11.8 Å². The van der Waals surface area contributed by atoms with Crippen LogP contribution in [-0.2, 0) is 0 Å². The molecule has 0 unspecified atom stereocenters. The molecule has 2 fully saturated rings. The van der Waals surface area contributed by atoms with Gasteiger partial charge in [-0.05, 0) is 49.7 Å². The molecule has 0 radical (unpaired) electrons. The number of halogens is 2. The van der Waals surface area contributed by atoms with Gasteiger partial charge in [0.05, 0.1) is 21.4 Å². The van der Waals surface area contributed by atoms with E-state index in [1.54, 1.807) is 6.07 Å². The van der Waals surface area contributed by atoms with Gasteiger partial charge in [-0.3, -0.25) is 0 Å². The first-order valence-corrected chi connectivity index (χ1v) is 6.92. The van der Waals surface area contributed by atoms with Crippen molar-refractivity contribution in [1.29, 1.82) is 0 Å². The van der Waals surface area contributed by atoms with Crippen molar-refractivity contribution in [2.45, 2.75) is 31.7 Å². The standard InChI is InChI=1S/C13H16Cl2N2/c14-9-5-11(16)12(6-10(9)15)17-13(7-1-2-7)8-3-4-8/h5-8,13,17H,1-4,16H2. The molecule has 0 amide bonds. The van der Waals surface area contributed by atoms with Gasteiger partial charge in [-0.1, -0.05) is 23.2 Å². The number of rotatable bonds is 4. The monoisotopic (exact) mass is 270 g/mol. The zero-order valence-corrected chi connectivity index (χ0v) is 11.1. The summed E-state index contributed by atoms with van der Waals surface area (Å²) in [4.78, 5) is 0. The predicted octanol–water partition coefficient (Wildman–Crippen LogP) is 4.18. The maximum absolute atomic E-state index is 6.03. The Labute approximate surface area is 111 Å². The van der Waals surface area contributed by atoms with Gasteiger partial charge in [0.15, 0.2) is 0 Å². The number of benzene rings is 1. The molecule has 0 saturated heterocycles. The van der Waals surface area contributed by atoms with Crippen LogP contribution in [0.15, 0.2) is 12.1 Å². The maximum atomic E-state index is 6.03. The van der Waals surface area contributed by atoms with Gasteiger partial charge in [0, 0.05) is 6.04 Å². The number of nitrogens with two attached hydrogens (primary N) is 1. The van der Waals surface area contributed by atoms with E-state index < -0.39 is 0 Å². The fourth-order valence-corrected chi connectivity index (χ4v) is 2.73. The molecule has 0 heterocycles. The quantitative estimate of drug-likeness (QED) is 0.806. The maximum Gasteiger partial charge on any atom is 0.0614 e. The highest BCUT2D eigenvalue weighted by atomic mass is 35.5. The summed E-state index contributed by atoms with van der Waals surface area (Å²) in [5.41, 5.74) is 7.59. The average molecular weight is 271 g/mol. The third-order valence-corrected chi connectivity index (χ3v) is 4.40. The fourth-order valence-electron chi connectivity index (χ4n) is 2.40. The van der Waals surface area contributed by atoms with Crippen LogP contribution in [0.3, 0.4) is 0 Å². The van der Waals surface area contributed by atoms with E-state index in [0.717, 1.165) is 17.5 Å². The highest BCUT2D eigenvalue weighted by Crippen LogP contribution is 2.46. The molecule has 3 rings (SSSR count). The minimum absolute atomic E-state index is 0.518. The van der Waals surface area contributed by atoms with Gasteiger partial charge in [0.1, 0.15) is 0 Å². The molecule has 0 aliphatic heterocycles. The number of nitrogens with one attached hydrogen (secondary N) is 1. The zero-order chi connectivity index (χ0) is 12.0. The number of anilines is 2. The second-order valence-electron chi connectivity index (χ2n) is 5.20. The van der Waals surface area contributed by atoms with Crippen molar-refractivity contribution in [3.8, 4) is 0 Å². The molecule has 2 aliphatic carbocycles. The third kappa shape index (κ3) is 2.48. The van der Waals surface area contributed by atoms with Crippen molar-refractivity contribution in [2.75, 3.05) is 11.1 Å². The number of hydrogen-bond donors (Lipinski definition) is 2. The minimum atomic E-state index is 0.518. The average Bonchev–Trinajstić information content (AvgIpc) is 3.15. The van der Waals surface area contributed by atoms with E-state index in [-0.39, 0.29) is 0 Å². The molecule has 0 spiro atoms. The summed E-state index contributed by atoms with van der Waals surface area (Å²) in [5, 5.41) is 4.65. The molecule has 92 valence electrons. The largest absolute Gasteiger partial charge is 0.397 e. The molecule has 3 N–H and O–H groups in total. The van der Waals surface area contributed by atoms with Gasteiger partial charge in [0.2, 0.25) is 0 Å². The Hall–Kier alpha value is -0.600. The summed E-state index contributed by atoms with van der Waals surface area (Å²) < 4.78 is 0. The van der Waals surface area contributed by atoms with Crippen molar-refractivity contribution in [3.05, 3.63) is 22.2 Å². The first kappa shape index (κ1) is 11.5. The summed E-state index contributed by atoms with van der Waals surface area (Å²) in [6.07, 6.45) is 5.37. The smallest absolute Gasteiger partial charge is 0.0614 e. The molecule has 1 aromatic rings. The number of nitrogen functional groups attached to an aromatic ring is 1. The second kappa shape index (κ2) is 4.25. The first-order chi connectivity index (χ1) is 8.15. The lowest BCUT2D eigenvalue weighted by molar-refractivity contribution is 0.568. The second-order valence-corrected chi connectivity index (χ2v) is 6.01. The van der Waals surface area contributed by atoms with E-state index in [1.165, 1.54) is 25.7 Å². The Kier molecular flexibility index (Phi) is 2.87. The summed E-state index contributed by atoms with van der Waals surface area (Å²) in [5.74, 6) is 1.66. The molecule has 2 saturated carbocycles. The fraction of sp³-hybridized carbons (Fsp3) is 0.538. The Balaban J connectivity index is 1.81. The first-order valence-electron chi connectivity index (χ1n) is 6.16. The van der Waals surface area contributed by atoms with Crippen molar-refractivity contribution in [1.82, 2.24) is 0 Å². The molecule has 17 heavy (non-hydrogen) atoms. The normalized spacial score (nSPS) is 19.7. The van der Waals surface area contributed by atoms with Crippen LogP contribution in [0.4, 0.5) is 11.4 Å². The Morgan fingerprint density at radius 2 is 1.59 bits per heavy atom.